The monoisotopic (exact) mass is 571 g/mol. The zero-order valence-electron chi connectivity index (χ0n) is 22.5. The number of hydrogen-bond acceptors (Lipinski definition) is 7. The number of rotatable bonds is 5. The van der Waals surface area contributed by atoms with Crippen LogP contribution >= 0.6 is 0 Å². The van der Waals surface area contributed by atoms with Crippen LogP contribution in [0.1, 0.15) is 41.2 Å². The van der Waals surface area contributed by atoms with Crippen molar-refractivity contribution in [3.05, 3.63) is 54.0 Å². The van der Waals surface area contributed by atoms with Crippen molar-refractivity contribution >= 4 is 40.0 Å². The number of carboxylic acid groups (broad SMARTS) is 1. The number of benzene rings is 1. The van der Waals surface area contributed by atoms with Crippen LogP contribution in [0.2, 0.25) is 0 Å². The van der Waals surface area contributed by atoms with Crippen LogP contribution in [0.25, 0.3) is 10.9 Å². The molecule has 3 aromatic rings. The Kier molecular flexibility index (Phi) is 7.89. The smallest absolute Gasteiger partial charge is 0.404 e. The van der Waals surface area contributed by atoms with Gasteiger partial charge in [0.1, 0.15) is 0 Å². The highest BCUT2D eigenvalue weighted by Gasteiger charge is 2.45. The molecule has 5 N–H and O–H groups in total. The van der Waals surface area contributed by atoms with E-state index in [9.17, 15) is 22.8 Å². The number of pyridine rings is 2. The Hall–Kier alpha value is -4.13. The Morgan fingerprint density at radius 1 is 1.12 bits per heavy atom. The van der Waals surface area contributed by atoms with Crippen molar-refractivity contribution < 1.29 is 27.9 Å². The molecule has 0 radical (unpaired) electrons. The summed E-state index contributed by atoms with van der Waals surface area (Å²) >= 11 is 0. The van der Waals surface area contributed by atoms with Gasteiger partial charge in [0, 0.05) is 24.7 Å². The van der Waals surface area contributed by atoms with Gasteiger partial charge in [-0.2, -0.15) is 13.2 Å². The standard InChI is InChI=1S/C28H32F3N7O3/c1-37-8-5-16(6-9-37)17-2-3-18-10-21(32)25(35-22(18)11-17)26(39)36-23-13-33-7-4-24(23)38-14-19(28(29,30)31)12-20(15-38)34-27(40)41/h2-4,7,10-11,13,16,19-20,34H,5-6,8-9,12,14-15,32H2,1H3,(H,36,39)(H,40,41)/t19-,20+/m1/s1. The third-order valence-electron chi connectivity index (χ3n) is 7.90. The van der Waals surface area contributed by atoms with Crippen molar-refractivity contribution in [1.82, 2.24) is 20.2 Å². The molecule has 13 heteroatoms. The van der Waals surface area contributed by atoms with Crippen molar-refractivity contribution in [2.75, 3.05) is 49.2 Å². The van der Waals surface area contributed by atoms with Crippen molar-refractivity contribution in [2.45, 2.75) is 37.4 Å². The van der Waals surface area contributed by atoms with Crippen LogP contribution in [0.4, 0.5) is 35.0 Å². The first-order valence-electron chi connectivity index (χ1n) is 13.4. The first kappa shape index (κ1) is 28.4. The van der Waals surface area contributed by atoms with Gasteiger partial charge in [-0.1, -0.05) is 12.1 Å². The molecule has 0 saturated carbocycles. The molecule has 2 atom stereocenters. The molecule has 2 aliphatic heterocycles. The van der Waals surface area contributed by atoms with Gasteiger partial charge in [0.05, 0.1) is 40.7 Å². The third kappa shape index (κ3) is 6.45. The number of carbonyl (C=O) groups is 2. The molecule has 10 nitrogen and oxygen atoms in total. The Morgan fingerprint density at radius 2 is 1.88 bits per heavy atom. The van der Waals surface area contributed by atoms with Crippen LogP contribution in [0.5, 0.6) is 0 Å². The second-order valence-electron chi connectivity index (χ2n) is 10.8. The lowest BCUT2D eigenvalue weighted by atomic mass is 9.89. The zero-order valence-corrected chi connectivity index (χ0v) is 22.5. The number of aromatic nitrogens is 2. The molecule has 41 heavy (non-hydrogen) atoms. The highest BCUT2D eigenvalue weighted by molar-refractivity contribution is 6.09. The average Bonchev–Trinajstić information content (AvgIpc) is 2.92. The van der Waals surface area contributed by atoms with Crippen molar-refractivity contribution in [3.8, 4) is 0 Å². The first-order chi connectivity index (χ1) is 19.5. The van der Waals surface area contributed by atoms with Gasteiger partial charge in [-0.05, 0) is 69.1 Å². The second-order valence-corrected chi connectivity index (χ2v) is 10.8. The number of alkyl halides is 3. The van der Waals surface area contributed by atoms with E-state index in [0.29, 0.717) is 11.4 Å². The van der Waals surface area contributed by atoms with Gasteiger partial charge >= 0.3 is 12.3 Å². The number of nitrogens with two attached hydrogens (primary N) is 1. The molecule has 0 spiro atoms. The average molecular weight is 572 g/mol. The maximum atomic E-state index is 13.7. The number of anilines is 3. The van der Waals surface area contributed by atoms with E-state index >= 15 is 0 Å². The maximum Gasteiger partial charge on any atom is 0.404 e. The third-order valence-corrected chi connectivity index (χ3v) is 7.90. The Bertz CT molecular complexity index is 1440. The molecule has 2 aliphatic rings. The number of nitrogens with zero attached hydrogens (tertiary/aromatic N) is 4. The van der Waals surface area contributed by atoms with E-state index in [2.05, 4.69) is 38.6 Å². The van der Waals surface area contributed by atoms with Crippen LogP contribution in [-0.4, -0.2) is 77.4 Å². The fourth-order valence-corrected chi connectivity index (χ4v) is 5.73. The highest BCUT2D eigenvalue weighted by Crippen LogP contribution is 2.37. The van der Waals surface area contributed by atoms with Crippen LogP contribution in [0, 0.1) is 5.92 Å². The molecule has 2 saturated heterocycles. The fraction of sp³-hybridized carbons (Fsp3) is 0.429. The van der Waals surface area contributed by atoms with Gasteiger partial charge in [-0.25, -0.2) is 9.78 Å². The van der Waals surface area contributed by atoms with Gasteiger partial charge in [0.25, 0.3) is 5.91 Å². The minimum Gasteiger partial charge on any atom is -0.465 e. The minimum atomic E-state index is -4.52. The molecule has 4 heterocycles. The lowest BCUT2D eigenvalue weighted by Crippen LogP contribution is -2.53. The Labute approximate surface area is 234 Å². The van der Waals surface area contributed by atoms with Crippen molar-refractivity contribution in [1.29, 1.82) is 0 Å². The van der Waals surface area contributed by atoms with Crippen LogP contribution in [0.3, 0.4) is 0 Å². The number of carbonyl (C=O) groups excluding carboxylic acids is 1. The van der Waals surface area contributed by atoms with E-state index in [1.165, 1.54) is 23.4 Å². The number of nitrogen functional groups attached to an aromatic ring is 1. The molecule has 5 rings (SSSR count). The molecule has 218 valence electrons. The largest absolute Gasteiger partial charge is 0.465 e. The predicted octanol–water partition coefficient (Wildman–Crippen LogP) is 4.30. The summed E-state index contributed by atoms with van der Waals surface area (Å²) < 4.78 is 41.1. The number of likely N-dealkylation sites (tertiary alicyclic amines) is 1. The van der Waals surface area contributed by atoms with Gasteiger partial charge in [0.15, 0.2) is 5.69 Å². The predicted molar refractivity (Wildman–Crippen MR) is 149 cm³/mol. The van der Waals surface area contributed by atoms with Gasteiger partial charge < -0.3 is 31.3 Å². The van der Waals surface area contributed by atoms with Crippen molar-refractivity contribution in [3.63, 3.8) is 0 Å². The number of hydrogen-bond donors (Lipinski definition) is 4. The molecule has 0 bridgehead atoms. The minimum absolute atomic E-state index is 0.00920. The van der Waals surface area contributed by atoms with E-state index in [-0.39, 0.29) is 35.7 Å². The van der Waals surface area contributed by atoms with E-state index < -0.39 is 36.7 Å². The zero-order chi connectivity index (χ0) is 29.3. The van der Waals surface area contributed by atoms with Crippen molar-refractivity contribution in [2.24, 2.45) is 5.92 Å². The number of fused-ring (bicyclic) bond motifs is 1. The first-order valence-corrected chi connectivity index (χ1v) is 13.4. The summed E-state index contributed by atoms with van der Waals surface area (Å²) in [5.74, 6) is -2.00. The molecule has 1 aromatic carbocycles. The number of amides is 2. The lowest BCUT2D eigenvalue weighted by Gasteiger charge is -2.40. The normalized spacial score (nSPS) is 20.6. The lowest BCUT2D eigenvalue weighted by molar-refractivity contribution is -0.177. The molecule has 0 aliphatic carbocycles. The molecule has 0 unspecified atom stereocenters. The van der Waals surface area contributed by atoms with E-state index in [1.54, 1.807) is 6.07 Å². The number of nitrogens with one attached hydrogen (secondary N) is 2. The SMILES string of the molecule is CN1CCC(c2ccc3cc(N)c(C(=O)Nc4cnccc4N4C[C@@H](NC(=O)O)C[C@@H](C(F)(F)F)C4)nc3c2)CC1. The molecule has 2 fully saturated rings. The van der Waals surface area contributed by atoms with E-state index in [0.717, 1.165) is 36.9 Å². The topological polar surface area (TPSA) is 137 Å². The van der Waals surface area contributed by atoms with Crippen LogP contribution in [0.15, 0.2) is 42.7 Å². The second kappa shape index (κ2) is 11.4. The van der Waals surface area contributed by atoms with E-state index in [1.807, 2.05) is 12.1 Å². The van der Waals surface area contributed by atoms with Crippen LogP contribution < -0.4 is 21.3 Å². The molecular formula is C28H32F3N7O3. The van der Waals surface area contributed by atoms with E-state index in [4.69, 9.17) is 10.8 Å². The summed E-state index contributed by atoms with van der Waals surface area (Å²) in [4.78, 5) is 36.9. The van der Waals surface area contributed by atoms with Gasteiger partial charge in [-0.3, -0.25) is 9.78 Å². The summed E-state index contributed by atoms with van der Waals surface area (Å²) in [6.07, 6.45) is -1.52. The summed E-state index contributed by atoms with van der Waals surface area (Å²) in [5.41, 5.74) is 8.57. The summed E-state index contributed by atoms with van der Waals surface area (Å²) in [6.45, 7) is 1.60. The highest BCUT2D eigenvalue weighted by atomic mass is 19.4. The quantitative estimate of drug-likeness (QED) is 0.356. The molecule has 2 aromatic heterocycles. The van der Waals surface area contributed by atoms with Gasteiger partial charge in [-0.15, -0.1) is 0 Å². The fourth-order valence-electron chi connectivity index (χ4n) is 5.73. The summed E-state index contributed by atoms with van der Waals surface area (Å²) in [6, 6.07) is 8.21. The number of halogens is 3. The summed E-state index contributed by atoms with van der Waals surface area (Å²) in [7, 11) is 2.10. The molecular weight excluding hydrogens is 539 g/mol. The maximum absolute atomic E-state index is 13.7. The van der Waals surface area contributed by atoms with Crippen LogP contribution in [-0.2, 0) is 0 Å². The van der Waals surface area contributed by atoms with Gasteiger partial charge in [0.2, 0.25) is 0 Å². The Morgan fingerprint density at radius 3 is 2.59 bits per heavy atom. The molecule has 2 amide bonds. The Balaban J connectivity index is 1.40. The summed E-state index contributed by atoms with van der Waals surface area (Å²) in [5, 5.41) is 14.8. The number of piperidine rings is 2.